The second-order valence-corrected chi connectivity index (χ2v) is 3.75. The minimum atomic E-state index is -1.02. The Morgan fingerprint density at radius 3 is 2.87 bits per heavy atom. The van der Waals surface area contributed by atoms with Crippen molar-refractivity contribution in [3.05, 3.63) is 11.9 Å². The SMILES string of the molecule is CCCn1nncc1C(C)(O)COCC. The molecule has 0 amide bonds. The van der Waals surface area contributed by atoms with Crippen LogP contribution in [0.1, 0.15) is 32.9 Å². The molecular weight excluding hydrogens is 194 g/mol. The van der Waals surface area contributed by atoms with Crippen LogP contribution in [0, 0.1) is 0 Å². The maximum absolute atomic E-state index is 10.2. The van der Waals surface area contributed by atoms with Gasteiger partial charge in [0.05, 0.1) is 18.5 Å². The van der Waals surface area contributed by atoms with Crippen molar-refractivity contribution in [3.63, 3.8) is 0 Å². The monoisotopic (exact) mass is 213 g/mol. The number of aliphatic hydroxyl groups is 1. The van der Waals surface area contributed by atoms with Crippen LogP contribution >= 0.6 is 0 Å². The van der Waals surface area contributed by atoms with E-state index in [9.17, 15) is 5.11 Å². The van der Waals surface area contributed by atoms with Gasteiger partial charge >= 0.3 is 0 Å². The van der Waals surface area contributed by atoms with Gasteiger partial charge in [-0.15, -0.1) is 5.10 Å². The van der Waals surface area contributed by atoms with E-state index in [4.69, 9.17) is 4.74 Å². The lowest BCUT2D eigenvalue weighted by Crippen LogP contribution is -2.31. The van der Waals surface area contributed by atoms with Gasteiger partial charge in [0.1, 0.15) is 5.60 Å². The maximum atomic E-state index is 10.2. The Morgan fingerprint density at radius 1 is 1.53 bits per heavy atom. The summed E-state index contributed by atoms with van der Waals surface area (Å²) in [6.45, 7) is 7.29. The molecule has 0 spiro atoms. The van der Waals surface area contributed by atoms with Gasteiger partial charge in [-0.1, -0.05) is 12.1 Å². The van der Waals surface area contributed by atoms with Gasteiger partial charge in [-0.2, -0.15) is 0 Å². The minimum absolute atomic E-state index is 0.264. The van der Waals surface area contributed by atoms with E-state index in [1.807, 2.05) is 6.92 Å². The Bertz CT molecular complexity index is 297. The fraction of sp³-hybridized carbons (Fsp3) is 0.800. The largest absolute Gasteiger partial charge is 0.381 e. The van der Waals surface area contributed by atoms with Crippen LogP contribution in [-0.4, -0.2) is 33.3 Å². The molecule has 1 aromatic heterocycles. The van der Waals surface area contributed by atoms with Crippen LogP contribution in [0.15, 0.2) is 6.20 Å². The first-order valence-electron chi connectivity index (χ1n) is 5.31. The number of nitrogens with zero attached hydrogens (tertiary/aromatic N) is 3. The highest BCUT2D eigenvalue weighted by molar-refractivity contribution is 5.06. The van der Waals surface area contributed by atoms with Crippen LogP contribution in [-0.2, 0) is 16.9 Å². The molecule has 0 aliphatic carbocycles. The Morgan fingerprint density at radius 2 is 2.27 bits per heavy atom. The molecule has 0 bridgehead atoms. The summed E-state index contributed by atoms with van der Waals surface area (Å²) >= 11 is 0. The summed E-state index contributed by atoms with van der Waals surface area (Å²) in [6, 6.07) is 0. The van der Waals surface area contributed by atoms with Gasteiger partial charge in [0.15, 0.2) is 0 Å². The molecule has 5 heteroatoms. The van der Waals surface area contributed by atoms with E-state index in [1.165, 1.54) is 0 Å². The molecule has 0 saturated carbocycles. The lowest BCUT2D eigenvalue weighted by molar-refractivity contribution is -0.0401. The number of ether oxygens (including phenoxy) is 1. The van der Waals surface area contributed by atoms with E-state index < -0.39 is 5.60 Å². The fourth-order valence-electron chi connectivity index (χ4n) is 1.43. The summed E-state index contributed by atoms with van der Waals surface area (Å²) < 4.78 is 6.96. The van der Waals surface area contributed by atoms with Gasteiger partial charge in [0, 0.05) is 13.2 Å². The van der Waals surface area contributed by atoms with Crippen molar-refractivity contribution >= 4 is 0 Å². The summed E-state index contributed by atoms with van der Waals surface area (Å²) in [5, 5.41) is 17.9. The van der Waals surface area contributed by atoms with Gasteiger partial charge in [0.2, 0.25) is 0 Å². The molecule has 15 heavy (non-hydrogen) atoms. The molecule has 0 aliphatic rings. The van der Waals surface area contributed by atoms with E-state index in [1.54, 1.807) is 17.8 Å². The van der Waals surface area contributed by atoms with Crippen molar-refractivity contribution in [3.8, 4) is 0 Å². The van der Waals surface area contributed by atoms with Crippen LogP contribution in [0.5, 0.6) is 0 Å². The van der Waals surface area contributed by atoms with E-state index in [0.717, 1.165) is 13.0 Å². The van der Waals surface area contributed by atoms with Crippen molar-refractivity contribution in [1.82, 2.24) is 15.0 Å². The van der Waals surface area contributed by atoms with Crippen LogP contribution in [0.25, 0.3) is 0 Å². The van der Waals surface area contributed by atoms with Crippen LogP contribution < -0.4 is 0 Å². The van der Waals surface area contributed by atoms with E-state index in [2.05, 4.69) is 17.2 Å². The highest BCUT2D eigenvalue weighted by atomic mass is 16.5. The normalized spacial score (nSPS) is 15.2. The maximum Gasteiger partial charge on any atom is 0.128 e. The molecule has 0 aliphatic heterocycles. The number of hydrogen-bond donors (Lipinski definition) is 1. The van der Waals surface area contributed by atoms with E-state index in [0.29, 0.717) is 12.3 Å². The van der Waals surface area contributed by atoms with Gasteiger partial charge in [-0.25, -0.2) is 4.68 Å². The molecule has 86 valence electrons. The van der Waals surface area contributed by atoms with Gasteiger partial charge in [0.25, 0.3) is 0 Å². The zero-order chi connectivity index (χ0) is 11.3. The first-order chi connectivity index (χ1) is 7.11. The van der Waals surface area contributed by atoms with Gasteiger partial charge < -0.3 is 9.84 Å². The summed E-state index contributed by atoms with van der Waals surface area (Å²) in [5.74, 6) is 0. The third-order valence-electron chi connectivity index (χ3n) is 2.19. The van der Waals surface area contributed by atoms with Crippen LogP contribution in [0.4, 0.5) is 0 Å². The molecule has 1 N–H and O–H groups in total. The Labute approximate surface area is 90.1 Å². The summed E-state index contributed by atoms with van der Waals surface area (Å²) in [7, 11) is 0. The molecule has 0 aromatic carbocycles. The third-order valence-corrected chi connectivity index (χ3v) is 2.19. The molecule has 5 nitrogen and oxygen atoms in total. The molecule has 0 saturated heterocycles. The van der Waals surface area contributed by atoms with Crippen LogP contribution in [0.2, 0.25) is 0 Å². The number of aryl methyl sites for hydroxylation is 1. The fourth-order valence-corrected chi connectivity index (χ4v) is 1.43. The molecule has 1 atom stereocenters. The molecule has 0 radical (unpaired) electrons. The average molecular weight is 213 g/mol. The van der Waals surface area contributed by atoms with Crippen molar-refractivity contribution in [2.24, 2.45) is 0 Å². The number of rotatable bonds is 6. The quantitative estimate of drug-likeness (QED) is 0.763. The van der Waals surface area contributed by atoms with Gasteiger partial charge in [-0.3, -0.25) is 0 Å². The molecular formula is C10H19N3O2. The Balaban J connectivity index is 2.78. The molecule has 1 unspecified atom stereocenters. The standard InChI is InChI=1S/C10H19N3O2/c1-4-6-13-9(7-11-12-13)10(3,14)8-15-5-2/h7,14H,4-6,8H2,1-3H3. The highest BCUT2D eigenvalue weighted by Crippen LogP contribution is 2.19. The highest BCUT2D eigenvalue weighted by Gasteiger charge is 2.27. The lowest BCUT2D eigenvalue weighted by Gasteiger charge is -2.23. The molecule has 1 rings (SSSR count). The van der Waals surface area contributed by atoms with E-state index >= 15 is 0 Å². The third kappa shape index (κ3) is 3.00. The molecule has 1 heterocycles. The Kier molecular flexibility index (Phi) is 4.23. The molecule has 1 aromatic rings. The summed E-state index contributed by atoms with van der Waals surface area (Å²) in [5.41, 5.74) is -0.313. The topological polar surface area (TPSA) is 60.2 Å². The predicted molar refractivity (Wildman–Crippen MR) is 56.4 cm³/mol. The zero-order valence-corrected chi connectivity index (χ0v) is 9.60. The second-order valence-electron chi connectivity index (χ2n) is 3.75. The minimum Gasteiger partial charge on any atom is -0.381 e. The van der Waals surface area contributed by atoms with Crippen LogP contribution in [0.3, 0.4) is 0 Å². The first kappa shape index (κ1) is 12.1. The van der Waals surface area contributed by atoms with Crippen molar-refractivity contribution in [2.45, 2.75) is 39.3 Å². The average Bonchev–Trinajstić information content (AvgIpc) is 2.64. The second kappa shape index (κ2) is 5.23. The lowest BCUT2D eigenvalue weighted by atomic mass is 10.0. The Hall–Kier alpha value is -0.940. The van der Waals surface area contributed by atoms with Crippen molar-refractivity contribution < 1.29 is 9.84 Å². The molecule has 0 fully saturated rings. The summed E-state index contributed by atoms with van der Waals surface area (Å²) in [6.07, 6.45) is 2.55. The van der Waals surface area contributed by atoms with E-state index in [-0.39, 0.29) is 6.61 Å². The smallest absolute Gasteiger partial charge is 0.128 e. The first-order valence-corrected chi connectivity index (χ1v) is 5.31. The summed E-state index contributed by atoms with van der Waals surface area (Å²) in [4.78, 5) is 0. The van der Waals surface area contributed by atoms with Crippen molar-refractivity contribution in [1.29, 1.82) is 0 Å². The zero-order valence-electron chi connectivity index (χ0n) is 9.60. The predicted octanol–water partition coefficient (Wildman–Crippen LogP) is 0.932. The number of hydrogen-bond acceptors (Lipinski definition) is 4. The van der Waals surface area contributed by atoms with Crippen molar-refractivity contribution in [2.75, 3.05) is 13.2 Å². The number of aromatic nitrogens is 3. The van der Waals surface area contributed by atoms with Gasteiger partial charge in [-0.05, 0) is 20.3 Å².